The van der Waals surface area contributed by atoms with E-state index in [0.717, 1.165) is 6.07 Å². The van der Waals surface area contributed by atoms with E-state index in [1.54, 1.807) is 26.0 Å². The average molecular weight is 289 g/mol. The largest absolute Gasteiger partial charge is 0.508 e. The van der Waals surface area contributed by atoms with Crippen LogP contribution in [0.3, 0.4) is 0 Å². The van der Waals surface area contributed by atoms with Crippen LogP contribution in [-0.2, 0) is 0 Å². The molecule has 2 aromatic rings. The van der Waals surface area contributed by atoms with Gasteiger partial charge in [-0.1, -0.05) is 0 Å². The predicted octanol–water partition coefficient (Wildman–Crippen LogP) is 3.41. The smallest absolute Gasteiger partial charge is 0.258 e. The van der Waals surface area contributed by atoms with E-state index in [1.165, 1.54) is 19.2 Å². The SMILES string of the molecule is COc1ccc(C(=O)Nc2cc(C)c(O)cc2C)c(F)c1. The third kappa shape index (κ3) is 3.13. The first-order valence-electron chi connectivity index (χ1n) is 6.37. The molecule has 2 N–H and O–H groups in total. The summed E-state index contributed by atoms with van der Waals surface area (Å²) in [5.41, 5.74) is 1.79. The van der Waals surface area contributed by atoms with E-state index >= 15 is 0 Å². The van der Waals surface area contributed by atoms with Crippen molar-refractivity contribution in [1.29, 1.82) is 0 Å². The molecule has 1 amide bonds. The van der Waals surface area contributed by atoms with Crippen LogP contribution < -0.4 is 10.1 Å². The van der Waals surface area contributed by atoms with Gasteiger partial charge in [0.2, 0.25) is 0 Å². The average Bonchev–Trinajstić information content (AvgIpc) is 2.44. The maximum absolute atomic E-state index is 13.9. The minimum atomic E-state index is -0.653. The molecule has 2 aromatic carbocycles. The Labute approximate surface area is 122 Å². The van der Waals surface area contributed by atoms with Crippen LogP contribution in [0.15, 0.2) is 30.3 Å². The molecular formula is C16H16FNO3. The zero-order chi connectivity index (χ0) is 15.6. The van der Waals surface area contributed by atoms with Crippen LogP contribution in [0.25, 0.3) is 0 Å². The van der Waals surface area contributed by atoms with Gasteiger partial charge in [0, 0.05) is 11.8 Å². The molecule has 2 rings (SSSR count). The minimum absolute atomic E-state index is 0.0686. The highest BCUT2D eigenvalue weighted by atomic mass is 19.1. The lowest BCUT2D eigenvalue weighted by Gasteiger charge is -2.11. The van der Waals surface area contributed by atoms with E-state index in [4.69, 9.17) is 4.74 Å². The number of phenolic OH excluding ortho intramolecular Hbond substituents is 1. The first-order chi connectivity index (χ1) is 9.92. The van der Waals surface area contributed by atoms with Crippen molar-refractivity contribution >= 4 is 11.6 Å². The summed E-state index contributed by atoms with van der Waals surface area (Å²) >= 11 is 0. The van der Waals surface area contributed by atoms with E-state index < -0.39 is 11.7 Å². The van der Waals surface area contributed by atoms with Crippen LogP contribution in [-0.4, -0.2) is 18.1 Å². The van der Waals surface area contributed by atoms with Gasteiger partial charge in [0.15, 0.2) is 0 Å². The predicted molar refractivity (Wildman–Crippen MR) is 78.5 cm³/mol. The van der Waals surface area contributed by atoms with Gasteiger partial charge in [-0.15, -0.1) is 0 Å². The first kappa shape index (κ1) is 14.8. The summed E-state index contributed by atoms with van der Waals surface area (Å²) in [5.74, 6) is -0.704. The van der Waals surface area contributed by atoms with Gasteiger partial charge in [0.05, 0.1) is 12.7 Å². The number of anilines is 1. The van der Waals surface area contributed by atoms with E-state index in [9.17, 15) is 14.3 Å². The second-order valence-electron chi connectivity index (χ2n) is 4.75. The first-order valence-corrected chi connectivity index (χ1v) is 6.37. The number of rotatable bonds is 3. The van der Waals surface area contributed by atoms with Crippen molar-refractivity contribution in [2.24, 2.45) is 0 Å². The van der Waals surface area contributed by atoms with Crippen LogP contribution in [0.1, 0.15) is 21.5 Å². The molecule has 21 heavy (non-hydrogen) atoms. The van der Waals surface area contributed by atoms with Gasteiger partial charge in [-0.2, -0.15) is 0 Å². The minimum Gasteiger partial charge on any atom is -0.508 e. The molecule has 0 aliphatic carbocycles. The van der Waals surface area contributed by atoms with Crippen molar-refractivity contribution in [3.63, 3.8) is 0 Å². The Kier molecular flexibility index (Phi) is 4.12. The maximum Gasteiger partial charge on any atom is 0.258 e. The summed E-state index contributed by atoms with van der Waals surface area (Å²) in [7, 11) is 1.43. The van der Waals surface area contributed by atoms with E-state index in [-0.39, 0.29) is 11.3 Å². The molecule has 0 fully saturated rings. The number of aromatic hydroxyl groups is 1. The van der Waals surface area contributed by atoms with E-state index in [0.29, 0.717) is 22.6 Å². The molecule has 110 valence electrons. The number of phenols is 1. The lowest BCUT2D eigenvalue weighted by molar-refractivity contribution is 0.102. The second-order valence-corrected chi connectivity index (χ2v) is 4.75. The van der Waals surface area contributed by atoms with Gasteiger partial charge < -0.3 is 15.2 Å². The highest BCUT2D eigenvalue weighted by molar-refractivity contribution is 6.05. The van der Waals surface area contributed by atoms with E-state index in [1.807, 2.05) is 0 Å². The summed E-state index contributed by atoms with van der Waals surface area (Å²) in [6, 6.07) is 7.24. The molecule has 0 heterocycles. The molecular weight excluding hydrogens is 273 g/mol. The van der Waals surface area contributed by atoms with Gasteiger partial charge >= 0.3 is 0 Å². The zero-order valence-electron chi connectivity index (χ0n) is 12.0. The molecule has 0 aliphatic heterocycles. The Hall–Kier alpha value is -2.56. The van der Waals surface area contributed by atoms with Crippen molar-refractivity contribution in [3.8, 4) is 11.5 Å². The number of nitrogens with one attached hydrogen (secondary N) is 1. The van der Waals surface area contributed by atoms with Gasteiger partial charge in [0.1, 0.15) is 17.3 Å². The van der Waals surface area contributed by atoms with Gasteiger partial charge in [-0.05, 0) is 49.2 Å². The topological polar surface area (TPSA) is 58.6 Å². The molecule has 0 spiro atoms. The Morgan fingerprint density at radius 3 is 2.52 bits per heavy atom. The molecule has 0 saturated carbocycles. The van der Waals surface area contributed by atoms with Crippen molar-refractivity contribution in [2.75, 3.05) is 12.4 Å². The number of benzene rings is 2. The summed E-state index contributed by atoms with van der Waals surface area (Å²) in [6.07, 6.45) is 0. The van der Waals surface area contributed by atoms with Gasteiger partial charge in [-0.3, -0.25) is 4.79 Å². The van der Waals surface area contributed by atoms with Crippen LogP contribution in [0, 0.1) is 19.7 Å². The Bertz CT molecular complexity index is 698. The van der Waals surface area contributed by atoms with Crippen LogP contribution in [0.2, 0.25) is 0 Å². The number of ether oxygens (including phenoxy) is 1. The summed E-state index contributed by atoms with van der Waals surface area (Å²) in [6.45, 7) is 3.47. The third-order valence-electron chi connectivity index (χ3n) is 3.21. The van der Waals surface area contributed by atoms with Crippen LogP contribution >= 0.6 is 0 Å². The lowest BCUT2D eigenvalue weighted by Crippen LogP contribution is -2.14. The lowest BCUT2D eigenvalue weighted by atomic mass is 10.1. The molecule has 0 radical (unpaired) electrons. The molecule has 0 atom stereocenters. The molecule has 0 bridgehead atoms. The second kappa shape index (κ2) is 5.83. The number of halogens is 1. The fourth-order valence-corrected chi connectivity index (χ4v) is 1.93. The number of carbonyl (C=O) groups excluding carboxylic acids is 1. The van der Waals surface area contributed by atoms with Crippen molar-refractivity contribution < 1.29 is 19.0 Å². The van der Waals surface area contributed by atoms with E-state index in [2.05, 4.69) is 5.32 Å². The van der Waals surface area contributed by atoms with Crippen molar-refractivity contribution in [1.82, 2.24) is 0 Å². The van der Waals surface area contributed by atoms with Crippen LogP contribution in [0.4, 0.5) is 10.1 Å². The maximum atomic E-state index is 13.9. The monoisotopic (exact) mass is 289 g/mol. The third-order valence-corrected chi connectivity index (χ3v) is 3.21. The molecule has 4 nitrogen and oxygen atoms in total. The number of carbonyl (C=O) groups is 1. The number of hydrogen-bond donors (Lipinski definition) is 2. The fraction of sp³-hybridized carbons (Fsp3) is 0.188. The molecule has 0 aromatic heterocycles. The standard InChI is InChI=1S/C16H16FNO3/c1-9-7-15(19)10(2)6-14(9)18-16(20)12-5-4-11(21-3)8-13(12)17/h4-8,19H,1-3H3,(H,18,20). The van der Waals surface area contributed by atoms with Crippen molar-refractivity contribution in [2.45, 2.75) is 13.8 Å². The number of methoxy groups -OCH3 is 1. The zero-order valence-corrected chi connectivity index (χ0v) is 12.0. The number of amides is 1. The van der Waals surface area contributed by atoms with Gasteiger partial charge in [-0.25, -0.2) is 4.39 Å². The Balaban J connectivity index is 2.28. The van der Waals surface area contributed by atoms with Crippen LogP contribution in [0.5, 0.6) is 11.5 Å². The molecule has 0 unspecified atom stereocenters. The molecule has 0 saturated heterocycles. The number of aryl methyl sites for hydroxylation is 2. The highest BCUT2D eigenvalue weighted by Crippen LogP contribution is 2.26. The molecule has 5 heteroatoms. The summed E-state index contributed by atoms with van der Waals surface area (Å²) < 4.78 is 18.7. The summed E-state index contributed by atoms with van der Waals surface area (Å²) in [5, 5.41) is 12.2. The highest BCUT2D eigenvalue weighted by Gasteiger charge is 2.14. The Morgan fingerprint density at radius 2 is 1.90 bits per heavy atom. The quantitative estimate of drug-likeness (QED) is 0.851. The number of hydrogen-bond acceptors (Lipinski definition) is 3. The summed E-state index contributed by atoms with van der Waals surface area (Å²) in [4.78, 5) is 12.1. The Morgan fingerprint density at radius 1 is 1.19 bits per heavy atom. The fourth-order valence-electron chi connectivity index (χ4n) is 1.93. The van der Waals surface area contributed by atoms with Crippen molar-refractivity contribution in [3.05, 3.63) is 52.8 Å². The van der Waals surface area contributed by atoms with Gasteiger partial charge in [0.25, 0.3) is 5.91 Å². The normalized spacial score (nSPS) is 10.3. The molecule has 0 aliphatic rings.